The lowest BCUT2D eigenvalue weighted by Gasteiger charge is -2.09. The topological polar surface area (TPSA) is 55.4 Å². The number of methoxy groups -OCH3 is 1. The fourth-order valence-corrected chi connectivity index (χ4v) is 0.579. The van der Waals surface area contributed by atoms with Gasteiger partial charge in [0.15, 0.2) is 0 Å². The first-order valence-electron chi connectivity index (χ1n) is 3.49. The molecule has 0 spiro atoms. The predicted octanol–water partition coefficient (Wildman–Crippen LogP) is 0.0741. The Labute approximate surface area is 65.9 Å². The minimum absolute atomic E-state index is 0.150. The number of ether oxygens (including phenoxy) is 1. The highest BCUT2D eigenvalue weighted by Gasteiger charge is 2.13. The van der Waals surface area contributed by atoms with Gasteiger partial charge in [-0.1, -0.05) is 6.92 Å². The second-order valence-corrected chi connectivity index (χ2v) is 2.17. The number of hydrogen-bond acceptors (Lipinski definition) is 3. The summed E-state index contributed by atoms with van der Waals surface area (Å²) in [6.45, 7) is 3.30. The Hall–Kier alpha value is -1.06. The van der Waals surface area contributed by atoms with Crippen LogP contribution in [-0.4, -0.2) is 25.0 Å². The molecule has 0 aliphatic rings. The Kier molecular flexibility index (Phi) is 4.26. The Morgan fingerprint density at radius 2 is 2.09 bits per heavy atom. The number of carbonyl (C=O) groups is 2. The number of esters is 1. The first kappa shape index (κ1) is 9.94. The monoisotopic (exact) mass is 159 g/mol. The minimum atomic E-state index is -0.549. The maximum atomic E-state index is 10.7. The van der Waals surface area contributed by atoms with E-state index in [9.17, 15) is 9.59 Å². The third-order valence-electron chi connectivity index (χ3n) is 1.25. The molecule has 0 radical (unpaired) electrons. The van der Waals surface area contributed by atoms with E-state index in [0.29, 0.717) is 6.42 Å². The lowest BCUT2D eigenvalue weighted by molar-refractivity contribution is -0.144. The standard InChI is InChI=1S/C7H13NO3/c1-4-6(9)8-5(2)7(10)11-3/h5H,4H2,1-3H3,(H,8,9)/t5-/m0/s1. The summed E-state index contributed by atoms with van der Waals surface area (Å²) in [6, 6.07) is -0.549. The van der Waals surface area contributed by atoms with Gasteiger partial charge in [0.05, 0.1) is 7.11 Å². The second kappa shape index (κ2) is 4.71. The lowest BCUT2D eigenvalue weighted by Crippen LogP contribution is -2.38. The van der Waals surface area contributed by atoms with Gasteiger partial charge in [0.1, 0.15) is 6.04 Å². The van der Waals surface area contributed by atoms with Crippen LogP contribution in [0.4, 0.5) is 0 Å². The van der Waals surface area contributed by atoms with E-state index in [4.69, 9.17) is 0 Å². The Morgan fingerprint density at radius 1 is 1.55 bits per heavy atom. The van der Waals surface area contributed by atoms with Crippen LogP contribution in [0.3, 0.4) is 0 Å². The molecule has 1 atom stereocenters. The first-order valence-corrected chi connectivity index (χ1v) is 3.49. The maximum Gasteiger partial charge on any atom is 0.328 e. The summed E-state index contributed by atoms with van der Waals surface area (Å²) in [5.41, 5.74) is 0. The van der Waals surface area contributed by atoms with E-state index < -0.39 is 12.0 Å². The summed E-state index contributed by atoms with van der Waals surface area (Å²) < 4.78 is 4.40. The van der Waals surface area contributed by atoms with E-state index in [1.54, 1.807) is 13.8 Å². The Bertz CT molecular complexity index is 156. The van der Waals surface area contributed by atoms with E-state index >= 15 is 0 Å². The van der Waals surface area contributed by atoms with Crippen molar-refractivity contribution in [2.45, 2.75) is 26.3 Å². The molecule has 0 saturated carbocycles. The SMILES string of the molecule is CCC(=O)N[C@@H](C)C(=O)OC. The zero-order chi connectivity index (χ0) is 8.85. The zero-order valence-electron chi connectivity index (χ0n) is 7.01. The molecule has 0 bridgehead atoms. The Morgan fingerprint density at radius 3 is 2.45 bits per heavy atom. The van der Waals surface area contributed by atoms with E-state index in [1.165, 1.54) is 7.11 Å². The zero-order valence-corrected chi connectivity index (χ0v) is 7.01. The normalized spacial score (nSPS) is 11.9. The highest BCUT2D eigenvalue weighted by atomic mass is 16.5. The molecule has 0 fully saturated rings. The van der Waals surface area contributed by atoms with Crippen LogP contribution in [-0.2, 0) is 14.3 Å². The number of amides is 1. The van der Waals surface area contributed by atoms with Crippen molar-refractivity contribution in [3.8, 4) is 0 Å². The van der Waals surface area contributed by atoms with Crippen LogP contribution in [0, 0.1) is 0 Å². The van der Waals surface area contributed by atoms with Gasteiger partial charge >= 0.3 is 5.97 Å². The third kappa shape index (κ3) is 3.60. The van der Waals surface area contributed by atoms with Crippen molar-refractivity contribution < 1.29 is 14.3 Å². The van der Waals surface area contributed by atoms with Gasteiger partial charge in [-0.2, -0.15) is 0 Å². The summed E-state index contributed by atoms with van der Waals surface area (Å²) >= 11 is 0. The van der Waals surface area contributed by atoms with E-state index in [2.05, 4.69) is 10.1 Å². The van der Waals surface area contributed by atoms with Crippen LogP contribution in [0.5, 0.6) is 0 Å². The average Bonchev–Trinajstić information content (AvgIpc) is 2.02. The molecular weight excluding hydrogens is 146 g/mol. The van der Waals surface area contributed by atoms with Crippen molar-refractivity contribution in [2.24, 2.45) is 0 Å². The highest BCUT2D eigenvalue weighted by molar-refractivity contribution is 5.83. The molecule has 0 aromatic carbocycles. The first-order chi connectivity index (χ1) is 5.11. The third-order valence-corrected chi connectivity index (χ3v) is 1.25. The molecule has 11 heavy (non-hydrogen) atoms. The summed E-state index contributed by atoms with van der Waals surface area (Å²) in [5, 5.41) is 2.47. The quantitative estimate of drug-likeness (QED) is 0.593. The molecule has 0 heterocycles. The summed E-state index contributed by atoms with van der Waals surface area (Å²) in [4.78, 5) is 21.4. The van der Waals surface area contributed by atoms with Crippen LogP contribution in [0.2, 0.25) is 0 Å². The van der Waals surface area contributed by atoms with Gasteiger partial charge in [-0.25, -0.2) is 4.79 Å². The van der Waals surface area contributed by atoms with Crippen LogP contribution in [0.1, 0.15) is 20.3 Å². The Balaban J connectivity index is 3.77. The van der Waals surface area contributed by atoms with E-state index in [1.807, 2.05) is 0 Å². The molecule has 0 aliphatic heterocycles. The molecule has 4 heteroatoms. The highest BCUT2D eigenvalue weighted by Crippen LogP contribution is 1.86. The number of nitrogens with one attached hydrogen (secondary N) is 1. The summed E-state index contributed by atoms with van der Waals surface area (Å²) in [5.74, 6) is -0.574. The van der Waals surface area contributed by atoms with Crippen molar-refractivity contribution in [3.05, 3.63) is 0 Å². The largest absolute Gasteiger partial charge is 0.467 e. The van der Waals surface area contributed by atoms with Crippen molar-refractivity contribution in [2.75, 3.05) is 7.11 Å². The molecule has 1 N–H and O–H groups in total. The maximum absolute atomic E-state index is 10.7. The van der Waals surface area contributed by atoms with E-state index in [-0.39, 0.29) is 5.91 Å². The average molecular weight is 159 g/mol. The molecule has 0 aromatic rings. The summed E-state index contributed by atoms with van der Waals surface area (Å²) in [6.07, 6.45) is 0.376. The van der Waals surface area contributed by atoms with Crippen molar-refractivity contribution >= 4 is 11.9 Å². The summed E-state index contributed by atoms with van der Waals surface area (Å²) in [7, 11) is 1.29. The van der Waals surface area contributed by atoms with Crippen molar-refractivity contribution in [3.63, 3.8) is 0 Å². The second-order valence-electron chi connectivity index (χ2n) is 2.17. The van der Waals surface area contributed by atoms with Crippen molar-refractivity contribution in [1.82, 2.24) is 5.32 Å². The van der Waals surface area contributed by atoms with Gasteiger partial charge in [-0.05, 0) is 6.92 Å². The van der Waals surface area contributed by atoms with Crippen LogP contribution < -0.4 is 5.32 Å². The van der Waals surface area contributed by atoms with Gasteiger partial charge in [-0.3, -0.25) is 4.79 Å². The molecule has 0 aliphatic carbocycles. The minimum Gasteiger partial charge on any atom is -0.467 e. The van der Waals surface area contributed by atoms with Gasteiger partial charge in [0, 0.05) is 6.42 Å². The molecule has 64 valence electrons. The number of hydrogen-bond donors (Lipinski definition) is 1. The number of carbonyl (C=O) groups excluding carboxylic acids is 2. The smallest absolute Gasteiger partial charge is 0.328 e. The van der Waals surface area contributed by atoms with Gasteiger partial charge in [0.25, 0.3) is 0 Å². The van der Waals surface area contributed by atoms with Crippen LogP contribution in [0.25, 0.3) is 0 Å². The molecule has 0 saturated heterocycles. The molecule has 4 nitrogen and oxygen atoms in total. The lowest BCUT2D eigenvalue weighted by atomic mass is 10.3. The van der Waals surface area contributed by atoms with Crippen molar-refractivity contribution in [1.29, 1.82) is 0 Å². The fourth-order valence-electron chi connectivity index (χ4n) is 0.579. The van der Waals surface area contributed by atoms with Crippen LogP contribution >= 0.6 is 0 Å². The van der Waals surface area contributed by atoms with Gasteiger partial charge < -0.3 is 10.1 Å². The van der Waals surface area contributed by atoms with Gasteiger partial charge in [0.2, 0.25) is 5.91 Å². The molecule has 0 aromatic heterocycles. The molecule has 1 amide bonds. The fraction of sp³-hybridized carbons (Fsp3) is 0.714. The molecular formula is C7H13NO3. The van der Waals surface area contributed by atoms with Gasteiger partial charge in [-0.15, -0.1) is 0 Å². The molecule has 0 unspecified atom stereocenters. The van der Waals surface area contributed by atoms with Crippen LogP contribution in [0.15, 0.2) is 0 Å². The number of rotatable bonds is 3. The predicted molar refractivity (Wildman–Crippen MR) is 39.9 cm³/mol. The molecule has 0 rings (SSSR count). The van der Waals surface area contributed by atoms with E-state index in [0.717, 1.165) is 0 Å².